The third-order valence-electron chi connectivity index (χ3n) is 6.02. The Morgan fingerprint density at radius 1 is 1.03 bits per heavy atom. The Morgan fingerprint density at radius 3 is 2.27 bits per heavy atom. The van der Waals surface area contributed by atoms with Crippen LogP contribution < -0.4 is 10.6 Å². The van der Waals surface area contributed by atoms with Crippen LogP contribution in [0, 0.1) is 20.8 Å². The van der Waals surface area contributed by atoms with Gasteiger partial charge in [-0.1, -0.05) is 55.3 Å². The van der Waals surface area contributed by atoms with Gasteiger partial charge in [-0.15, -0.1) is 0 Å². The van der Waals surface area contributed by atoms with E-state index in [0.717, 1.165) is 23.1 Å². The fourth-order valence-electron chi connectivity index (χ4n) is 3.88. The lowest BCUT2D eigenvalue weighted by Crippen LogP contribution is -2.51. The molecular weight excluding hydrogens is 490 g/mol. The van der Waals surface area contributed by atoms with Gasteiger partial charge in [0.25, 0.3) is 5.91 Å². The third kappa shape index (κ3) is 8.49. The van der Waals surface area contributed by atoms with Crippen LogP contribution in [0.3, 0.4) is 0 Å². The van der Waals surface area contributed by atoms with Crippen molar-refractivity contribution in [3.63, 3.8) is 0 Å². The van der Waals surface area contributed by atoms with Crippen molar-refractivity contribution >= 4 is 35.2 Å². The molecule has 0 spiro atoms. The minimum Gasteiger partial charge on any atom is -0.444 e. The molecule has 0 aliphatic rings. The van der Waals surface area contributed by atoms with Gasteiger partial charge >= 0.3 is 6.09 Å². The number of rotatable bonds is 9. The fourth-order valence-corrected chi connectivity index (χ4v) is 4.15. The summed E-state index contributed by atoms with van der Waals surface area (Å²) in [6.45, 7) is 15.0. The number of unbranched alkanes of at least 4 members (excludes halogenated alkanes) is 1. The van der Waals surface area contributed by atoms with Crippen molar-refractivity contribution in [1.29, 1.82) is 0 Å². The van der Waals surface area contributed by atoms with Crippen LogP contribution in [-0.2, 0) is 14.3 Å². The van der Waals surface area contributed by atoms with E-state index in [4.69, 9.17) is 16.3 Å². The van der Waals surface area contributed by atoms with Gasteiger partial charge in [0.15, 0.2) is 0 Å². The zero-order valence-corrected chi connectivity index (χ0v) is 24.0. The molecule has 2 aromatic rings. The summed E-state index contributed by atoms with van der Waals surface area (Å²) in [6.07, 6.45) is 0.815. The maximum Gasteiger partial charge on any atom is 0.408 e. The Kier molecular flexibility index (Phi) is 10.6. The number of benzene rings is 2. The van der Waals surface area contributed by atoms with Crippen molar-refractivity contribution in [2.75, 3.05) is 11.9 Å². The summed E-state index contributed by atoms with van der Waals surface area (Å²) in [5, 5.41) is 5.99. The van der Waals surface area contributed by atoms with E-state index in [1.807, 2.05) is 58.0 Å². The molecule has 8 heteroatoms. The van der Waals surface area contributed by atoms with Crippen LogP contribution in [0.2, 0.25) is 5.02 Å². The minimum absolute atomic E-state index is 0.336. The van der Waals surface area contributed by atoms with Gasteiger partial charge in [-0.2, -0.15) is 0 Å². The molecule has 0 saturated heterocycles. The average Bonchev–Trinajstić information content (AvgIpc) is 2.79. The molecule has 3 amide bonds. The quantitative estimate of drug-likeness (QED) is 0.389. The summed E-state index contributed by atoms with van der Waals surface area (Å²) >= 11 is 6.40. The number of nitrogens with zero attached hydrogens (tertiary/aromatic N) is 1. The molecule has 0 saturated carbocycles. The minimum atomic E-state index is -0.933. The number of ether oxygens (including phenoxy) is 1. The van der Waals surface area contributed by atoms with E-state index in [9.17, 15) is 14.4 Å². The number of para-hydroxylation sites is 1. The number of nitrogens with one attached hydrogen (secondary N) is 2. The molecule has 0 bridgehead atoms. The van der Waals surface area contributed by atoms with Crippen LogP contribution in [0.15, 0.2) is 36.4 Å². The fraction of sp³-hybridized carbons (Fsp3) is 0.483. The van der Waals surface area contributed by atoms with Gasteiger partial charge in [-0.05, 0) is 83.2 Å². The van der Waals surface area contributed by atoms with Gasteiger partial charge in [-0.25, -0.2) is 4.79 Å². The molecule has 2 N–H and O–H groups in total. The number of carbonyl (C=O) groups is 3. The van der Waals surface area contributed by atoms with Crippen LogP contribution >= 0.6 is 11.6 Å². The zero-order chi connectivity index (χ0) is 27.9. The first-order valence-corrected chi connectivity index (χ1v) is 13.1. The number of carbonyl (C=O) groups excluding carboxylic acids is 3. The highest BCUT2D eigenvalue weighted by atomic mass is 35.5. The van der Waals surface area contributed by atoms with Gasteiger partial charge in [0.05, 0.1) is 10.7 Å². The highest BCUT2D eigenvalue weighted by molar-refractivity contribution is 6.34. The molecule has 2 atom stereocenters. The molecule has 2 unspecified atom stereocenters. The number of amides is 3. The van der Waals surface area contributed by atoms with E-state index in [0.29, 0.717) is 29.2 Å². The zero-order valence-electron chi connectivity index (χ0n) is 23.2. The van der Waals surface area contributed by atoms with E-state index in [-0.39, 0.29) is 11.8 Å². The molecule has 2 aromatic carbocycles. The number of hydrogen-bond donors (Lipinski definition) is 2. The summed E-state index contributed by atoms with van der Waals surface area (Å²) in [5.41, 5.74) is 3.38. The van der Waals surface area contributed by atoms with Crippen molar-refractivity contribution in [1.82, 2.24) is 10.2 Å². The van der Waals surface area contributed by atoms with Crippen LogP contribution in [0.25, 0.3) is 0 Å². The number of hydrogen-bond acceptors (Lipinski definition) is 4. The van der Waals surface area contributed by atoms with E-state index in [2.05, 4.69) is 10.6 Å². The second-order valence-corrected chi connectivity index (χ2v) is 10.8. The molecule has 37 heavy (non-hydrogen) atoms. The normalized spacial score (nSPS) is 12.9. The van der Waals surface area contributed by atoms with Crippen LogP contribution in [0.5, 0.6) is 0 Å². The molecular formula is C29H40ClN3O4. The standard InChI is InChI=1S/C29H40ClN3O4/c1-9-10-16-33(27(35)21(5)31-28(36)37-29(6,7)8)25(22-15-14-18(2)20(4)17-22)26(34)32-24-19(3)12-11-13-23(24)30/h11-15,17,21,25H,9-10,16H2,1-8H3,(H,31,36)(H,32,34). The Balaban J connectivity index is 2.50. The van der Waals surface area contributed by atoms with E-state index >= 15 is 0 Å². The first kappa shape index (κ1) is 30.2. The van der Waals surface area contributed by atoms with E-state index in [1.54, 1.807) is 33.8 Å². The van der Waals surface area contributed by atoms with Crippen molar-refractivity contribution in [3.8, 4) is 0 Å². The van der Waals surface area contributed by atoms with Crippen molar-refractivity contribution in [2.24, 2.45) is 0 Å². The van der Waals surface area contributed by atoms with Gasteiger partial charge in [0.1, 0.15) is 17.7 Å². The Morgan fingerprint density at radius 2 is 1.70 bits per heavy atom. The molecule has 0 aliphatic heterocycles. The van der Waals surface area contributed by atoms with E-state index in [1.165, 1.54) is 4.90 Å². The highest BCUT2D eigenvalue weighted by Crippen LogP contribution is 2.30. The summed E-state index contributed by atoms with van der Waals surface area (Å²) < 4.78 is 5.33. The number of alkyl carbamates (subject to hydrolysis) is 1. The summed E-state index contributed by atoms with van der Waals surface area (Å²) in [5.74, 6) is -0.762. The number of anilines is 1. The first-order chi connectivity index (χ1) is 17.2. The average molecular weight is 530 g/mol. The lowest BCUT2D eigenvalue weighted by molar-refractivity contribution is -0.140. The van der Waals surface area contributed by atoms with Gasteiger partial charge < -0.3 is 20.3 Å². The third-order valence-corrected chi connectivity index (χ3v) is 6.33. The Labute approximate surface area is 225 Å². The smallest absolute Gasteiger partial charge is 0.408 e. The second kappa shape index (κ2) is 13.0. The van der Waals surface area contributed by atoms with Crippen LogP contribution in [0.1, 0.15) is 75.8 Å². The van der Waals surface area contributed by atoms with Crippen molar-refractivity contribution in [2.45, 2.75) is 85.9 Å². The topological polar surface area (TPSA) is 87.7 Å². The summed E-state index contributed by atoms with van der Waals surface area (Å²) in [6, 6.07) is 9.28. The van der Waals surface area contributed by atoms with Gasteiger partial charge in [0.2, 0.25) is 5.91 Å². The maximum absolute atomic E-state index is 13.9. The predicted octanol–water partition coefficient (Wildman–Crippen LogP) is 6.49. The lowest BCUT2D eigenvalue weighted by atomic mass is 9.98. The molecule has 0 fully saturated rings. The molecule has 202 valence electrons. The van der Waals surface area contributed by atoms with Crippen molar-refractivity contribution in [3.05, 3.63) is 63.7 Å². The molecule has 2 rings (SSSR count). The summed E-state index contributed by atoms with van der Waals surface area (Å²) in [4.78, 5) is 41.6. The van der Waals surface area contributed by atoms with Crippen molar-refractivity contribution < 1.29 is 19.1 Å². The molecule has 0 aromatic heterocycles. The first-order valence-electron chi connectivity index (χ1n) is 12.7. The molecule has 7 nitrogen and oxygen atoms in total. The lowest BCUT2D eigenvalue weighted by Gasteiger charge is -2.34. The van der Waals surface area contributed by atoms with Crippen LogP contribution in [0.4, 0.5) is 10.5 Å². The summed E-state index contributed by atoms with van der Waals surface area (Å²) in [7, 11) is 0. The number of halogens is 1. The maximum atomic E-state index is 13.9. The van der Waals surface area contributed by atoms with Gasteiger partial charge in [0, 0.05) is 6.54 Å². The monoisotopic (exact) mass is 529 g/mol. The largest absolute Gasteiger partial charge is 0.444 e. The number of aryl methyl sites for hydroxylation is 3. The SMILES string of the molecule is CCCCN(C(=O)C(C)NC(=O)OC(C)(C)C)C(C(=O)Nc1c(C)cccc1Cl)c1ccc(C)c(C)c1. The second-order valence-electron chi connectivity index (χ2n) is 10.4. The molecule has 0 radical (unpaired) electrons. The molecule has 0 aliphatic carbocycles. The predicted molar refractivity (Wildman–Crippen MR) is 149 cm³/mol. The highest BCUT2D eigenvalue weighted by Gasteiger charge is 2.35. The Bertz CT molecular complexity index is 1110. The van der Waals surface area contributed by atoms with E-state index < -0.39 is 23.8 Å². The molecule has 0 heterocycles. The van der Waals surface area contributed by atoms with Crippen LogP contribution in [-0.4, -0.2) is 41.0 Å². The van der Waals surface area contributed by atoms with Gasteiger partial charge in [-0.3, -0.25) is 9.59 Å². The Hall–Kier alpha value is -3.06.